The van der Waals surface area contributed by atoms with E-state index in [2.05, 4.69) is 24.1 Å². The molecule has 2 rings (SSSR count). The molecule has 0 bridgehead atoms. The van der Waals surface area contributed by atoms with E-state index < -0.39 is 0 Å². The number of hydrogen-bond acceptors (Lipinski definition) is 3. The average Bonchev–Trinajstić information content (AvgIpc) is 3.02. The first-order chi connectivity index (χ1) is 7.20. The fraction of sp³-hybridized carbons (Fsp3) is 0.583. The third-order valence-electron chi connectivity index (χ3n) is 2.51. The van der Waals surface area contributed by atoms with Gasteiger partial charge in [0.2, 0.25) is 0 Å². The van der Waals surface area contributed by atoms with Gasteiger partial charge in [-0.3, -0.25) is 0 Å². The molecule has 0 aliphatic heterocycles. The second kappa shape index (κ2) is 4.09. The predicted molar refractivity (Wildman–Crippen MR) is 61.5 cm³/mol. The van der Waals surface area contributed by atoms with Crippen molar-refractivity contribution in [2.24, 2.45) is 0 Å². The van der Waals surface area contributed by atoms with Gasteiger partial charge in [0.25, 0.3) is 0 Å². The molecule has 1 aromatic rings. The van der Waals surface area contributed by atoms with Gasteiger partial charge in [-0.25, -0.2) is 4.98 Å². The monoisotopic (exact) mass is 206 g/mol. The average molecular weight is 206 g/mol. The maximum Gasteiger partial charge on any atom is 0.141 e. The summed E-state index contributed by atoms with van der Waals surface area (Å²) in [4.78, 5) is 4.54. The lowest BCUT2D eigenvalue weighted by Gasteiger charge is -2.13. The first kappa shape index (κ1) is 10.3. The molecule has 0 radical (unpaired) electrons. The summed E-state index contributed by atoms with van der Waals surface area (Å²) < 4.78 is 5.83. The molecule has 82 valence electrons. The summed E-state index contributed by atoms with van der Waals surface area (Å²) in [6.07, 6.45) is 2.81. The van der Waals surface area contributed by atoms with Gasteiger partial charge in [-0.2, -0.15) is 0 Å². The molecule has 15 heavy (non-hydrogen) atoms. The Balaban J connectivity index is 2.25. The zero-order valence-corrected chi connectivity index (χ0v) is 9.58. The van der Waals surface area contributed by atoms with E-state index in [9.17, 15) is 0 Å². The molecule has 0 unspecified atom stereocenters. The van der Waals surface area contributed by atoms with Crippen molar-refractivity contribution in [1.29, 1.82) is 0 Å². The van der Waals surface area contributed by atoms with Crippen molar-refractivity contribution < 1.29 is 4.74 Å². The van der Waals surface area contributed by atoms with E-state index in [0.29, 0.717) is 12.0 Å². The van der Waals surface area contributed by atoms with Crippen LogP contribution in [0.4, 0.5) is 5.82 Å². The molecular weight excluding hydrogens is 188 g/mol. The van der Waals surface area contributed by atoms with Gasteiger partial charge in [0.1, 0.15) is 11.6 Å². The highest BCUT2D eigenvalue weighted by Crippen LogP contribution is 2.32. The first-order valence-electron chi connectivity index (χ1n) is 5.56. The lowest BCUT2D eigenvalue weighted by molar-refractivity contribution is 0.297. The zero-order chi connectivity index (χ0) is 10.8. The van der Waals surface area contributed by atoms with Crippen LogP contribution in [0.5, 0.6) is 5.75 Å². The second-order valence-corrected chi connectivity index (χ2v) is 4.30. The van der Waals surface area contributed by atoms with Crippen LogP contribution in [0.15, 0.2) is 12.1 Å². The van der Waals surface area contributed by atoms with Crippen molar-refractivity contribution in [1.82, 2.24) is 4.98 Å². The molecule has 1 N–H and O–H groups in total. The number of nitrogens with one attached hydrogen (secondary N) is 1. The fourth-order valence-electron chi connectivity index (χ4n) is 1.48. The number of rotatable bonds is 4. The van der Waals surface area contributed by atoms with Crippen molar-refractivity contribution in [2.75, 3.05) is 12.4 Å². The summed E-state index contributed by atoms with van der Waals surface area (Å²) in [5.41, 5.74) is 1.05. The van der Waals surface area contributed by atoms with Crippen molar-refractivity contribution in [3.63, 3.8) is 0 Å². The minimum atomic E-state index is 0.395. The van der Waals surface area contributed by atoms with Crippen LogP contribution < -0.4 is 10.1 Å². The summed E-state index contributed by atoms with van der Waals surface area (Å²) in [7, 11) is 1.88. The Bertz CT molecular complexity index is 345. The van der Waals surface area contributed by atoms with E-state index in [1.807, 2.05) is 19.2 Å². The Morgan fingerprint density at radius 2 is 2.13 bits per heavy atom. The number of anilines is 1. The van der Waals surface area contributed by atoms with E-state index in [4.69, 9.17) is 4.74 Å². The summed E-state index contributed by atoms with van der Waals surface area (Å²) in [6, 6.07) is 3.98. The summed E-state index contributed by atoms with van der Waals surface area (Å²) in [5, 5.41) is 3.05. The van der Waals surface area contributed by atoms with Gasteiger partial charge in [0.15, 0.2) is 0 Å². The topological polar surface area (TPSA) is 34.1 Å². The SMILES string of the molecule is CNc1ccc(OC2CC2)c(C(C)C)n1. The van der Waals surface area contributed by atoms with E-state index in [0.717, 1.165) is 17.3 Å². The number of pyridine rings is 1. The molecule has 1 fully saturated rings. The Hall–Kier alpha value is -1.25. The van der Waals surface area contributed by atoms with E-state index in [-0.39, 0.29) is 0 Å². The van der Waals surface area contributed by atoms with Crippen molar-refractivity contribution in [2.45, 2.75) is 38.7 Å². The molecule has 1 saturated carbocycles. The number of aromatic nitrogens is 1. The largest absolute Gasteiger partial charge is 0.489 e. The molecule has 3 nitrogen and oxygen atoms in total. The van der Waals surface area contributed by atoms with Gasteiger partial charge >= 0.3 is 0 Å². The molecule has 0 saturated heterocycles. The van der Waals surface area contributed by atoms with Gasteiger partial charge in [-0.15, -0.1) is 0 Å². The fourth-order valence-corrected chi connectivity index (χ4v) is 1.48. The van der Waals surface area contributed by atoms with Crippen molar-refractivity contribution in [3.05, 3.63) is 17.8 Å². The van der Waals surface area contributed by atoms with Crippen LogP contribution in [0.1, 0.15) is 38.3 Å². The Kier molecular flexibility index (Phi) is 2.80. The second-order valence-electron chi connectivity index (χ2n) is 4.30. The zero-order valence-electron chi connectivity index (χ0n) is 9.58. The number of ether oxygens (including phenoxy) is 1. The minimum Gasteiger partial charge on any atom is -0.489 e. The third-order valence-corrected chi connectivity index (χ3v) is 2.51. The van der Waals surface area contributed by atoms with E-state index >= 15 is 0 Å². The standard InChI is InChI=1S/C12H18N2O/c1-8(2)12-10(15-9-4-5-9)6-7-11(13-3)14-12/h6-9H,4-5H2,1-3H3,(H,13,14). The van der Waals surface area contributed by atoms with Crippen LogP contribution >= 0.6 is 0 Å². The van der Waals surface area contributed by atoms with Gasteiger partial charge in [0, 0.05) is 7.05 Å². The quantitative estimate of drug-likeness (QED) is 0.822. The summed E-state index contributed by atoms with van der Waals surface area (Å²) in [6.45, 7) is 4.28. The number of nitrogens with zero attached hydrogens (tertiary/aromatic N) is 1. The minimum absolute atomic E-state index is 0.395. The lowest BCUT2D eigenvalue weighted by Crippen LogP contribution is -2.05. The lowest BCUT2D eigenvalue weighted by atomic mass is 10.1. The van der Waals surface area contributed by atoms with Crippen LogP contribution in [0.2, 0.25) is 0 Å². The van der Waals surface area contributed by atoms with Crippen LogP contribution in [-0.4, -0.2) is 18.1 Å². The molecule has 0 atom stereocenters. The van der Waals surface area contributed by atoms with Crippen LogP contribution in [-0.2, 0) is 0 Å². The van der Waals surface area contributed by atoms with Crippen molar-refractivity contribution in [3.8, 4) is 5.75 Å². The molecule has 1 aliphatic rings. The molecule has 1 aliphatic carbocycles. The van der Waals surface area contributed by atoms with Gasteiger partial charge in [0.05, 0.1) is 11.8 Å². The molecule has 3 heteroatoms. The Labute approximate surface area is 90.9 Å². The van der Waals surface area contributed by atoms with Crippen LogP contribution in [0, 0.1) is 0 Å². The van der Waals surface area contributed by atoms with Crippen molar-refractivity contribution >= 4 is 5.82 Å². The van der Waals surface area contributed by atoms with E-state index in [1.165, 1.54) is 12.8 Å². The predicted octanol–water partition coefficient (Wildman–Crippen LogP) is 2.79. The first-order valence-corrected chi connectivity index (χ1v) is 5.56. The molecular formula is C12H18N2O. The van der Waals surface area contributed by atoms with Gasteiger partial charge in [-0.05, 0) is 30.9 Å². The normalized spacial score (nSPS) is 15.5. The maximum absolute atomic E-state index is 5.83. The van der Waals surface area contributed by atoms with Gasteiger partial charge in [-0.1, -0.05) is 13.8 Å². The number of hydrogen-bond donors (Lipinski definition) is 1. The smallest absolute Gasteiger partial charge is 0.141 e. The highest BCUT2D eigenvalue weighted by Gasteiger charge is 2.25. The molecule has 1 aromatic heterocycles. The summed E-state index contributed by atoms with van der Waals surface area (Å²) in [5.74, 6) is 2.25. The third kappa shape index (κ3) is 2.41. The van der Waals surface area contributed by atoms with Gasteiger partial charge < -0.3 is 10.1 Å². The Morgan fingerprint density at radius 1 is 1.40 bits per heavy atom. The highest BCUT2D eigenvalue weighted by molar-refractivity contribution is 5.42. The molecule has 1 heterocycles. The summed E-state index contributed by atoms with van der Waals surface area (Å²) >= 11 is 0. The van der Waals surface area contributed by atoms with E-state index in [1.54, 1.807) is 0 Å². The molecule has 0 amide bonds. The van der Waals surface area contributed by atoms with Crippen LogP contribution in [0.3, 0.4) is 0 Å². The Morgan fingerprint density at radius 3 is 2.67 bits per heavy atom. The molecule has 0 spiro atoms. The van der Waals surface area contributed by atoms with Crippen LogP contribution in [0.25, 0.3) is 0 Å². The highest BCUT2D eigenvalue weighted by atomic mass is 16.5. The molecule has 0 aromatic carbocycles. The maximum atomic E-state index is 5.83.